The van der Waals surface area contributed by atoms with Crippen molar-refractivity contribution in [1.82, 2.24) is 5.32 Å². The van der Waals surface area contributed by atoms with Gasteiger partial charge in [0.15, 0.2) is 0 Å². The Bertz CT molecular complexity index is 553. The van der Waals surface area contributed by atoms with Gasteiger partial charge in [0.1, 0.15) is 12.4 Å². The zero-order valence-corrected chi connectivity index (χ0v) is 14.3. The van der Waals surface area contributed by atoms with E-state index in [1.54, 1.807) is 0 Å². The van der Waals surface area contributed by atoms with Crippen molar-refractivity contribution in [3.05, 3.63) is 50.1 Å². The zero-order chi connectivity index (χ0) is 14.4. The molecule has 1 aromatic heterocycles. The van der Waals surface area contributed by atoms with Gasteiger partial charge in [-0.15, -0.1) is 11.3 Å². The molecule has 0 amide bonds. The summed E-state index contributed by atoms with van der Waals surface area (Å²) < 4.78 is 6.95. The van der Waals surface area contributed by atoms with E-state index < -0.39 is 0 Å². The lowest BCUT2D eigenvalue weighted by molar-refractivity contribution is 0.307. The van der Waals surface area contributed by atoms with Gasteiger partial charge < -0.3 is 10.1 Å². The van der Waals surface area contributed by atoms with Crippen LogP contribution in [-0.4, -0.2) is 6.54 Å². The number of halogens is 1. The van der Waals surface area contributed by atoms with Gasteiger partial charge in [-0.1, -0.05) is 28.9 Å². The number of thiophene rings is 1. The van der Waals surface area contributed by atoms with E-state index in [9.17, 15) is 0 Å². The van der Waals surface area contributed by atoms with E-state index in [4.69, 9.17) is 4.74 Å². The van der Waals surface area contributed by atoms with Crippen LogP contribution in [0.25, 0.3) is 0 Å². The molecule has 0 aliphatic carbocycles. The Balaban J connectivity index is 1.89. The molecule has 108 valence electrons. The third-order valence-corrected chi connectivity index (χ3v) is 4.52. The van der Waals surface area contributed by atoms with Crippen molar-refractivity contribution in [2.45, 2.75) is 33.4 Å². The first kappa shape index (κ1) is 15.5. The number of aryl methyl sites for hydroxylation is 1. The summed E-state index contributed by atoms with van der Waals surface area (Å²) in [7, 11) is 0. The summed E-state index contributed by atoms with van der Waals surface area (Å²) in [4.78, 5) is 2.63. The van der Waals surface area contributed by atoms with Crippen LogP contribution in [0.15, 0.2) is 34.8 Å². The van der Waals surface area contributed by atoms with Gasteiger partial charge in [-0.05, 0) is 49.7 Å². The maximum atomic E-state index is 5.90. The van der Waals surface area contributed by atoms with Crippen LogP contribution in [0.2, 0.25) is 0 Å². The van der Waals surface area contributed by atoms with Gasteiger partial charge in [-0.3, -0.25) is 0 Å². The molecule has 2 rings (SSSR count). The standard InChI is InChI=1S/C16H20BrNOS/c1-3-8-18-10-14-6-7-15(20-14)11-19-16-9-13(17)5-4-12(16)2/h4-7,9,18H,3,8,10-11H2,1-2H3. The summed E-state index contributed by atoms with van der Waals surface area (Å²) in [6, 6.07) is 10.5. The van der Waals surface area contributed by atoms with Gasteiger partial charge in [0.2, 0.25) is 0 Å². The maximum absolute atomic E-state index is 5.90. The summed E-state index contributed by atoms with van der Waals surface area (Å²) in [6.07, 6.45) is 1.17. The number of rotatable bonds is 7. The van der Waals surface area contributed by atoms with Crippen molar-refractivity contribution in [2.75, 3.05) is 6.54 Å². The van der Waals surface area contributed by atoms with Gasteiger partial charge >= 0.3 is 0 Å². The monoisotopic (exact) mass is 353 g/mol. The van der Waals surface area contributed by atoms with Crippen LogP contribution in [0.1, 0.15) is 28.7 Å². The van der Waals surface area contributed by atoms with Gasteiger partial charge in [-0.2, -0.15) is 0 Å². The highest BCUT2D eigenvalue weighted by molar-refractivity contribution is 9.10. The fourth-order valence-electron chi connectivity index (χ4n) is 1.86. The van der Waals surface area contributed by atoms with E-state index in [1.807, 2.05) is 23.5 Å². The molecule has 1 heterocycles. The molecule has 0 saturated heterocycles. The van der Waals surface area contributed by atoms with Gasteiger partial charge in [-0.25, -0.2) is 0 Å². The van der Waals surface area contributed by atoms with Crippen LogP contribution in [0.3, 0.4) is 0 Å². The molecule has 0 atom stereocenters. The minimum atomic E-state index is 0.635. The molecule has 0 bridgehead atoms. The molecule has 1 aromatic carbocycles. The number of benzene rings is 1. The maximum Gasteiger partial charge on any atom is 0.123 e. The van der Waals surface area contributed by atoms with Crippen LogP contribution in [-0.2, 0) is 13.2 Å². The van der Waals surface area contributed by atoms with E-state index >= 15 is 0 Å². The molecule has 0 spiro atoms. The molecule has 4 heteroatoms. The lowest BCUT2D eigenvalue weighted by Gasteiger charge is -2.08. The van der Waals surface area contributed by atoms with Crippen molar-refractivity contribution in [2.24, 2.45) is 0 Å². The van der Waals surface area contributed by atoms with Crippen molar-refractivity contribution in [3.8, 4) is 5.75 Å². The van der Waals surface area contributed by atoms with E-state index in [-0.39, 0.29) is 0 Å². The highest BCUT2D eigenvalue weighted by Crippen LogP contribution is 2.25. The predicted octanol–water partition coefficient (Wildman–Crippen LogP) is 4.90. The first-order valence-electron chi connectivity index (χ1n) is 6.86. The summed E-state index contributed by atoms with van der Waals surface area (Å²) >= 11 is 5.29. The van der Waals surface area contributed by atoms with Crippen LogP contribution < -0.4 is 10.1 Å². The van der Waals surface area contributed by atoms with Crippen LogP contribution in [0.4, 0.5) is 0 Å². The quantitative estimate of drug-likeness (QED) is 0.715. The van der Waals surface area contributed by atoms with E-state index in [1.165, 1.54) is 16.2 Å². The van der Waals surface area contributed by atoms with Gasteiger partial charge in [0.05, 0.1) is 0 Å². The molecule has 0 fully saturated rings. The Morgan fingerprint density at radius 2 is 2.00 bits per heavy atom. The zero-order valence-electron chi connectivity index (χ0n) is 11.9. The molecule has 0 saturated carbocycles. The summed E-state index contributed by atoms with van der Waals surface area (Å²) in [5.74, 6) is 0.943. The van der Waals surface area contributed by atoms with Crippen molar-refractivity contribution in [3.63, 3.8) is 0 Å². The van der Waals surface area contributed by atoms with Crippen LogP contribution in [0, 0.1) is 6.92 Å². The van der Waals surface area contributed by atoms with Gasteiger partial charge in [0, 0.05) is 20.8 Å². The lowest BCUT2D eigenvalue weighted by Crippen LogP contribution is -2.12. The van der Waals surface area contributed by atoms with Crippen molar-refractivity contribution < 1.29 is 4.74 Å². The molecule has 20 heavy (non-hydrogen) atoms. The number of nitrogens with one attached hydrogen (secondary N) is 1. The number of ether oxygens (including phenoxy) is 1. The highest BCUT2D eigenvalue weighted by Gasteiger charge is 2.04. The number of hydrogen-bond donors (Lipinski definition) is 1. The summed E-state index contributed by atoms with van der Waals surface area (Å²) in [5, 5.41) is 3.42. The highest BCUT2D eigenvalue weighted by atomic mass is 79.9. The average molecular weight is 354 g/mol. The lowest BCUT2D eigenvalue weighted by atomic mass is 10.2. The summed E-state index contributed by atoms with van der Waals surface area (Å²) in [5.41, 5.74) is 1.16. The molecule has 2 aromatic rings. The SMILES string of the molecule is CCCNCc1ccc(COc2cc(Br)ccc2C)s1. The predicted molar refractivity (Wildman–Crippen MR) is 89.5 cm³/mol. The smallest absolute Gasteiger partial charge is 0.123 e. The van der Waals surface area contributed by atoms with Crippen LogP contribution in [0.5, 0.6) is 5.75 Å². The molecular weight excluding hydrogens is 334 g/mol. The van der Waals surface area contributed by atoms with E-state index in [0.717, 1.165) is 28.9 Å². The Labute approximate surface area is 133 Å². The molecule has 0 unspecified atom stereocenters. The third-order valence-electron chi connectivity index (χ3n) is 2.96. The molecule has 0 radical (unpaired) electrons. The van der Waals surface area contributed by atoms with E-state index in [2.05, 4.69) is 53.3 Å². The minimum absolute atomic E-state index is 0.635. The molecule has 1 N–H and O–H groups in total. The van der Waals surface area contributed by atoms with Crippen LogP contribution >= 0.6 is 27.3 Å². The second-order valence-electron chi connectivity index (χ2n) is 4.74. The second-order valence-corrected chi connectivity index (χ2v) is 6.91. The van der Waals surface area contributed by atoms with E-state index in [0.29, 0.717) is 6.61 Å². The average Bonchev–Trinajstić information content (AvgIpc) is 2.88. The second kappa shape index (κ2) is 7.81. The normalized spacial score (nSPS) is 10.8. The Hall–Kier alpha value is -0.840. The third kappa shape index (κ3) is 4.62. The fourth-order valence-corrected chi connectivity index (χ4v) is 3.10. The van der Waals surface area contributed by atoms with Crippen molar-refractivity contribution in [1.29, 1.82) is 0 Å². The molecule has 2 nitrogen and oxygen atoms in total. The van der Waals surface area contributed by atoms with Gasteiger partial charge in [0.25, 0.3) is 0 Å². The number of hydrogen-bond acceptors (Lipinski definition) is 3. The fraction of sp³-hybridized carbons (Fsp3) is 0.375. The Morgan fingerprint density at radius 1 is 1.20 bits per heavy atom. The first-order valence-corrected chi connectivity index (χ1v) is 8.47. The summed E-state index contributed by atoms with van der Waals surface area (Å²) in [6.45, 7) is 6.91. The molecular formula is C16H20BrNOS. The Kier molecular flexibility index (Phi) is 6.07. The van der Waals surface area contributed by atoms with Crippen molar-refractivity contribution >= 4 is 27.3 Å². The minimum Gasteiger partial charge on any atom is -0.488 e. The topological polar surface area (TPSA) is 21.3 Å². The molecule has 0 aliphatic rings. The first-order chi connectivity index (χ1) is 9.69. The largest absolute Gasteiger partial charge is 0.488 e. The Morgan fingerprint density at radius 3 is 2.80 bits per heavy atom. The molecule has 0 aliphatic heterocycles.